The number of piperidine rings is 1. The second-order valence-electron chi connectivity index (χ2n) is 17.5. The number of hydrogen-bond donors (Lipinski definition) is 4. The van der Waals surface area contributed by atoms with Crippen LogP contribution in [0, 0.1) is 6.92 Å². The maximum Gasteiger partial charge on any atom is 0.322 e. The SMILES string of the molecule is C=C(CN(C(=O)NCc1ccc2c(c1)CN(C1CCC(=O)NC1=O)C2=O)c1ccc(C)c(Cl)c1)C(=O)Nc1cc(Nc2ncc(-c3cn(C)c4ccccc34)cn2)c(OC)cc1N(C)CCN(C)C. The Kier molecular flexibility index (Phi) is 14.0. The van der Waals surface area contributed by atoms with Crippen molar-refractivity contribution in [3.63, 3.8) is 0 Å². The van der Waals surface area contributed by atoms with Crippen LogP contribution in [-0.4, -0.2) is 108 Å². The predicted molar refractivity (Wildman–Crippen MR) is 268 cm³/mol. The molecule has 2 aliphatic rings. The van der Waals surface area contributed by atoms with Crippen LogP contribution in [0.2, 0.25) is 5.02 Å². The lowest BCUT2D eigenvalue weighted by molar-refractivity contribution is -0.137. The van der Waals surface area contributed by atoms with Gasteiger partial charge in [0.15, 0.2) is 0 Å². The summed E-state index contributed by atoms with van der Waals surface area (Å²) in [6.07, 6.45) is 5.98. The number of imide groups is 1. The normalized spacial score (nSPS) is 14.4. The summed E-state index contributed by atoms with van der Waals surface area (Å²) in [6, 6.07) is 20.9. The third-order valence-corrected chi connectivity index (χ3v) is 12.8. The van der Waals surface area contributed by atoms with Gasteiger partial charge in [0, 0.05) is 115 Å². The van der Waals surface area contributed by atoms with Crippen molar-refractivity contribution >= 4 is 80.9 Å². The summed E-state index contributed by atoms with van der Waals surface area (Å²) in [5, 5.41) is 13.1. The van der Waals surface area contributed by atoms with E-state index in [2.05, 4.69) is 65.6 Å². The molecule has 1 atom stereocenters. The Bertz CT molecular complexity index is 3010. The highest BCUT2D eigenvalue weighted by atomic mass is 35.5. The van der Waals surface area contributed by atoms with Gasteiger partial charge in [-0.3, -0.25) is 29.4 Å². The molecule has 4 aromatic carbocycles. The van der Waals surface area contributed by atoms with Crippen LogP contribution >= 0.6 is 11.6 Å². The number of likely N-dealkylation sites (N-methyl/N-ethyl adjacent to an activating group) is 2. The summed E-state index contributed by atoms with van der Waals surface area (Å²) in [5.74, 6) is -0.876. The first kappa shape index (κ1) is 47.7. The molecular weight excluding hydrogens is 898 g/mol. The lowest BCUT2D eigenvalue weighted by Gasteiger charge is -2.29. The zero-order valence-corrected chi connectivity index (χ0v) is 40.1. The Hall–Kier alpha value is -7.76. The minimum absolute atomic E-state index is 0.0750. The Labute approximate surface area is 405 Å². The fourth-order valence-corrected chi connectivity index (χ4v) is 8.63. The van der Waals surface area contributed by atoms with E-state index in [0.717, 1.165) is 34.1 Å². The molecule has 8 rings (SSSR count). The van der Waals surface area contributed by atoms with Crippen molar-refractivity contribution in [2.45, 2.75) is 38.9 Å². The van der Waals surface area contributed by atoms with Gasteiger partial charge in [0.1, 0.15) is 11.8 Å². The van der Waals surface area contributed by atoms with Gasteiger partial charge in [-0.05, 0) is 74.5 Å². The van der Waals surface area contributed by atoms with Crippen LogP contribution in [0.4, 0.5) is 33.5 Å². The van der Waals surface area contributed by atoms with Crippen LogP contribution in [0.25, 0.3) is 22.0 Å². The quantitative estimate of drug-likeness (QED) is 0.0577. The molecule has 2 aromatic heterocycles. The smallest absolute Gasteiger partial charge is 0.322 e. The van der Waals surface area contributed by atoms with Gasteiger partial charge in [-0.2, -0.15) is 0 Å². The highest BCUT2D eigenvalue weighted by Gasteiger charge is 2.39. The summed E-state index contributed by atoms with van der Waals surface area (Å²) in [6.45, 7) is 7.39. The maximum atomic E-state index is 14.3. The molecule has 4 N–H and O–H groups in total. The van der Waals surface area contributed by atoms with Gasteiger partial charge in [-0.25, -0.2) is 14.8 Å². The summed E-state index contributed by atoms with van der Waals surface area (Å²) >= 11 is 6.57. The summed E-state index contributed by atoms with van der Waals surface area (Å²) < 4.78 is 7.93. The van der Waals surface area contributed by atoms with Crippen molar-refractivity contribution in [3.05, 3.63) is 131 Å². The average molecular weight is 953 g/mol. The van der Waals surface area contributed by atoms with Crippen molar-refractivity contribution in [1.29, 1.82) is 0 Å². The number of aryl methyl sites for hydroxylation is 2. The number of nitrogens with zero attached hydrogens (tertiary/aromatic N) is 7. The number of ether oxygens (including phenoxy) is 1. The lowest BCUT2D eigenvalue weighted by Crippen LogP contribution is -2.52. The van der Waals surface area contributed by atoms with E-state index >= 15 is 0 Å². The van der Waals surface area contributed by atoms with Gasteiger partial charge in [0.2, 0.25) is 17.8 Å². The first-order chi connectivity index (χ1) is 33.1. The average Bonchev–Trinajstić information content (AvgIpc) is 3.85. The Morgan fingerprint density at radius 3 is 2.45 bits per heavy atom. The molecule has 0 aliphatic carbocycles. The molecule has 4 heterocycles. The van der Waals surface area contributed by atoms with E-state index in [1.807, 2.05) is 64.3 Å². The van der Waals surface area contributed by atoms with Gasteiger partial charge in [-0.15, -0.1) is 0 Å². The van der Waals surface area contributed by atoms with E-state index in [1.54, 1.807) is 55.9 Å². The van der Waals surface area contributed by atoms with Gasteiger partial charge in [0.25, 0.3) is 11.8 Å². The highest BCUT2D eigenvalue weighted by Crippen LogP contribution is 2.39. The van der Waals surface area contributed by atoms with Crippen molar-refractivity contribution in [1.82, 2.24) is 35.0 Å². The van der Waals surface area contributed by atoms with E-state index in [4.69, 9.17) is 16.3 Å². The summed E-state index contributed by atoms with van der Waals surface area (Å²) in [5.41, 5.74) is 7.75. The second-order valence-corrected chi connectivity index (χ2v) is 17.9. The molecule has 1 fully saturated rings. The molecule has 0 bridgehead atoms. The minimum atomic E-state index is -0.745. The predicted octanol–water partition coefficient (Wildman–Crippen LogP) is 7.02. The number of amides is 6. The monoisotopic (exact) mass is 951 g/mol. The fraction of sp³-hybridized carbons (Fsp3) is 0.275. The summed E-state index contributed by atoms with van der Waals surface area (Å²) in [7, 11) is 9.45. The second kappa shape index (κ2) is 20.2. The minimum Gasteiger partial charge on any atom is -0.494 e. The maximum absolute atomic E-state index is 14.3. The number of benzene rings is 4. The number of fused-ring (bicyclic) bond motifs is 2. The van der Waals surface area contributed by atoms with Gasteiger partial charge >= 0.3 is 6.03 Å². The molecule has 0 spiro atoms. The Morgan fingerprint density at radius 2 is 1.72 bits per heavy atom. The molecule has 6 amide bonds. The van der Waals surface area contributed by atoms with Crippen LogP contribution in [-0.2, 0) is 34.5 Å². The molecule has 18 heteroatoms. The third kappa shape index (κ3) is 10.4. The largest absolute Gasteiger partial charge is 0.494 e. The Balaban J connectivity index is 1.01. The van der Waals surface area contributed by atoms with E-state index in [-0.39, 0.29) is 49.9 Å². The number of hydrogen-bond acceptors (Lipinski definition) is 11. The zero-order valence-electron chi connectivity index (χ0n) is 39.4. The van der Waals surface area contributed by atoms with Crippen LogP contribution < -0.4 is 35.8 Å². The molecule has 1 unspecified atom stereocenters. The van der Waals surface area contributed by atoms with Crippen LogP contribution in [0.3, 0.4) is 0 Å². The number of halogens is 1. The zero-order chi connectivity index (χ0) is 49.1. The molecular formula is C51H54ClN11O6. The number of aromatic nitrogens is 3. The number of carbonyl (C=O) groups is 5. The standard InChI is InChI=1S/C51H54ClN11O6/c1-30-12-14-35(21-39(30)52)62(51(68)55-24-32-13-15-36-33(20-32)28-63(49(36)67)43-16-17-46(64)58-48(43)66)27-31(2)47(65)56-40-22-41(45(69-7)23-44(40)60(5)19-18-59(3)4)57-50-53-25-34(26-54-50)38-29-61(6)42-11-9-8-10-37(38)42/h8-15,20-23,25-26,29,43H,2,16-19,24,27-28H2,1,3-7H3,(H,55,68)(H,56,65)(H,53,54,57)(H,58,64,66). The third-order valence-electron chi connectivity index (χ3n) is 12.4. The number of anilines is 5. The number of methoxy groups -OCH3 is 1. The highest BCUT2D eigenvalue weighted by molar-refractivity contribution is 6.31. The number of nitrogens with one attached hydrogen (secondary N) is 4. The van der Waals surface area contributed by atoms with Crippen molar-refractivity contribution in [3.8, 4) is 16.9 Å². The molecule has 6 aromatic rings. The molecule has 356 valence electrons. The van der Waals surface area contributed by atoms with Crippen molar-refractivity contribution < 1.29 is 28.7 Å². The molecule has 2 aliphatic heterocycles. The first-order valence-electron chi connectivity index (χ1n) is 22.4. The number of rotatable bonds is 16. The molecule has 69 heavy (non-hydrogen) atoms. The number of carbonyl (C=O) groups excluding carboxylic acids is 5. The van der Waals surface area contributed by atoms with Crippen molar-refractivity contribution in [2.24, 2.45) is 7.05 Å². The first-order valence-corrected chi connectivity index (χ1v) is 22.7. The Morgan fingerprint density at radius 1 is 0.957 bits per heavy atom. The van der Waals surface area contributed by atoms with Gasteiger partial charge in [0.05, 0.1) is 30.7 Å². The fourth-order valence-electron chi connectivity index (χ4n) is 8.46. The van der Waals surface area contributed by atoms with E-state index in [9.17, 15) is 24.0 Å². The van der Waals surface area contributed by atoms with Crippen LogP contribution in [0.5, 0.6) is 5.75 Å². The topological polar surface area (TPSA) is 186 Å². The van der Waals surface area contributed by atoms with Crippen LogP contribution in [0.1, 0.15) is 39.9 Å². The van der Waals surface area contributed by atoms with E-state index < -0.39 is 23.9 Å². The molecule has 0 saturated carbocycles. The van der Waals surface area contributed by atoms with Gasteiger partial charge in [-0.1, -0.05) is 54.6 Å². The summed E-state index contributed by atoms with van der Waals surface area (Å²) in [4.78, 5) is 82.3. The molecule has 17 nitrogen and oxygen atoms in total. The van der Waals surface area contributed by atoms with Crippen LogP contribution in [0.15, 0.2) is 104 Å². The van der Waals surface area contributed by atoms with Crippen molar-refractivity contribution in [2.75, 3.05) is 68.3 Å². The van der Waals surface area contributed by atoms with E-state index in [0.29, 0.717) is 62.7 Å². The lowest BCUT2D eigenvalue weighted by atomic mass is 10.0. The van der Waals surface area contributed by atoms with Gasteiger partial charge < -0.3 is 40.0 Å². The molecule has 1 saturated heterocycles. The molecule has 0 radical (unpaired) electrons. The number of para-hydroxylation sites is 1. The number of urea groups is 1. The van der Waals surface area contributed by atoms with E-state index in [1.165, 1.54) is 9.80 Å².